The molecule has 0 aliphatic carbocycles. The molecule has 2 aromatic carbocycles. The summed E-state index contributed by atoms with van der Waals surface area (Å²) in [5.74, 6) is 7.70. The number of benzene rings is 2. The molecule has 0 saturated carbocycles. The van der Waals surface area contributed by atoms with Crippen LogP contribution in [0, 0.1) is 17.7 Å². The largest absolute Gasteiger partial charge is 0.487 e. The molecule has 0 radical (unpaired) electrons. The minimum atomic E-state index is -0.294. The summed E-state index contributed by atoms with van der Waals surface area (Å²) in [5.41, 5.74) is 2.37. The van der Waals surface area contributed by atoms with Gasteiger partial charge in [0.2, 0.25) is 0 Å². The molecule has 1 N–H and O–H groups in total. The van der Waals surface area contributed by atoms with Crippen molar-refractivity contribution < 1.29 is 9.13 Å². The molecule has 1 aliphatic rings. The van der Waals surface area contributed by atoms with Crippen LogP contribution in [0.4, 0.5) is 15.9 Å². The minimum absolute atomic E-state index is 0.229. The van der Waals surface area contributed by atoms with E-state index in [0.717, 1.165) is 39.3 Å². The van der Waals surface area contributed by atoms with Crippen LogP contribution in [0.1, 0.15) is 29.7 Å². The number of rotatable bonds is 5. The summed E-state index contributed by atoms with van der Waals surface area (Å²) in [6.07, 6.45) is 5.13. The molecular formula is C27H24ClFN4OS. The summed E-state index contributed by atoms with van der Waals surface area (Å²) in [4.78, 5) is 12.1. The molecule has 3 heterocycles. The number of aromatic nitrogens is 2. The molecule has 0 spiro atoms. The lowest BCUT2D eigenvalue weighted by molar-refractivity contribution is 0.229. The number of piperidine rings is 1. The van der Waals surface area contributed by atoms with Crippen LogP contribution >= 0.6 is 22.9 Å². The second kappa shape index (κ2) is 10.6. The molecule has 8 heteroatoms. The summed E-state index contributed by atoms with van der Waals surface area (Å²) < 4.78 is 20.1. The Kier molecular flexibility index (Phi) is 7.14. The van der Waals surface area contributed by atoms with Crippen LogP contribution in [-0.2, 0) is 6.61 Å². The van der Waals surface area contributed by atoms with Gasteiger partial charge in [0.05, 0.1) is 26.2 Å². The van der Waals surface area contributed by atoms with Crippen LogP contribution in [0.5, 0.6) is 5.75 Å². The quantitative estimate of drug-likeness (QED) is 0.307. The molecule has 1 aliphatic heterocycles. The van der Waals surface area contributed by atoms with Gasteiger partial charge in [-0.1, -0.05) is 35.6 Å². The smallest absolute Gasteiger partial charge is 0.151 e. The predicted molar refractivity (Wildman–Crippen MR) is 140 cm³/mol. The summed E-state index contributed by atoms with van der Waals surface area (Å²) >= 11 is 8.03. The number of hydrogen-bond acceptors (Lipinski definition) is 6. The average molecular weight is 507 g/mol. The second-order valence-electron chi connectivity index (χ2n) is 8.50. The molecule has 1 fully saturated rings. The second-order valence-corrected chi connectivity index (χ2v) is 9.96. The number of thiophene rings is 1. The van der Waals surface area contributed by atoms with Crippen molar-refractivity contribution >= 4 is 44.7 Å². The van der Waals surface area contributed by atoms with Gasteiger partial charge in [-0.05, 0) is 74.8 Å². The van der Waals surface area contributed by atoms with E-state index in [1.165, 1.54) is 25.0 Å². The lowest BCUT2D eigenvalue weighted by Crippen LogP contribution is -2.34. The molecule has 5 rings (SSSR count). The van der Waals surface area contributed by atoms with Crippen molar-refractivity contribution in [3.63, 3.8) is 0 Å². The monoisotopic (exact) mass is 506 g/mol. The summed E-state index contributed by atoms with van der Waals surface area (Å²) in [7, 11) is 2.14. The first kappa shape index (κ1) is 23.6. The van der Waals surface area contributed by atoms with Gasteiger partial charge in [-0.15, -0.1) is 11.3 Å². The number of nitrogens with one attached hydrogen (secondary N) is 1. The van der Waals surface area contributed by atoms with E-state index in [1.54, 1.807) is 41.9 Å². The van der Waals surface area contributed by atoms with Crippen molar-refractivity contribution in [1.82, 2.24) is 14.9 Å². The summed E-state index contributed by atoms with van der Waals surface area (Å²) in [6, 6.07) is 14.1. The highest BCUT2D eigenvalue weighted by Crippen LogP contribution is 2.33. The van der Waals surface area contributed by atoms with Crippen LogP contribution in [0.15, 0.2) is 54.9 Å². The summed E-state index contributed by atoms with van der Waals surface area (Å²) in [6.45, 7) is 1.33. The molecule has 1 unspecified atom stereocenters. The highest BCUT2D eigenvalue weighted by atomic mass is 35.5. The predicted octanol–water partition coefficient (Wildman–Crippen LogP) is 6.64. The molecule has 5 nitrogen and oxygen atoms in total. The Labute approximate surface area is 212 Å². The fourth-order valence-corrected chi connectivity index (χ4v) is 5.19. The van der Waals surface area contributed by atoms with Crippen molar-refractivity contribution in [3.05, 3.63) is 76.1 Å². The number of hydrogen-bond donors (Lipinski definition) is 1. The third kappa shape index (κ3) is 5.73. The lowest BCUT2D eigenvalue weighted by atomic mass is 10.0. The third-order valence-electron chi connectivity index (χ3n) is 5.92. The van der Waals surface area contributed by atoms with Gasteiger partial charge in [0, 0.05) is 5.69 Å². The number of fused-ring (bicyclic) bond motifs is 1. The maximum Gasteiger partial charge on any atom is 0.151 e. The van der Waals surface area contributed by atoms with Crippen molar-refractivity contribution in [2.24, 2.45) is 0 Å². The molecule has 0 bridgehead atoms. The van der Waals surface area contributed by atoms with Crippen LogP contribution < -0.4 is 10.1 Å². The molecular weight excluding hydrogens is 483 g/mol. The fraction of sp³-hybridized carbons (Fsp3) is 0.259. The maximum absolute atomic E-state index is 13.4. The molecule has 2 aromatic heterocycles. The van der Waals surface area contributed by atoms with Gasteiger partial charge in [-0.25, -0.2) is 14.4 Å². The van der Waals surface area contributed by atoms with Crippen LogP contribution in [0.25, 0.3) is 10.2 Å². The Morgan fingerprint density at radius 1 is 1.20 bits per heavy atom. The Balaban J connectivity index is 1.30. The van der Waals surface area contributed by atoms with E-state index in [0.29, 0.717) is 22.6 Å². The Morgan fingerprint density at radius 2 is 2.11 bits per heavy atom. The zero-order valence-electron chi connectivity index (χ0n) is 19.2. The van der Waals surface area contributed by atoms with Crippen molar-refractivity contribution in [3.8, 4) is 17.6 Å². The van der Waals surface area contributed by atoms with Gasteiger partial charge in [-0.3, -0.25) is 4.90 Å². The van der Waals surface area contributed by atoms with E-state index in [-0.39, 0.29) is 12.4 Å². The molecule has 1 atom stereocenters. The summed E-state index contributed by atoms with van der Waals surface area (Å²) in [5, 5.41) is 3.79. The minimum Gasteiger partial charge on any atom is -0.487 e. The average Bonchev–Trinajstić information content (AvgIpc) is 3.27. The zero-order chi connectivity index (χ0) is 24.2. The number of anilines is 2. The van der Waals surface area contributed by atoms with Gasteiger partial charge < -0.3 is 10.1 Å². The number of halogens is 2. The number of ether oxygens (including phenoxy) is 1. The van der Waals surface area contributed by atoms with Crippen LogP contribution in [0.2, 0.25) is 5.02 Å². The van der Waals surface area contributed by atoms with Crippen LogP contribution in [0.3, 0.4) is 0 Å². The SMILES string of the molecule is CN1CCCCC1C#Cc1cc2ncnc(Nc3ccc(OCc4cccc(F)c4)c(Cl)c3)c2s1. The highest BCUT2D eigenvalue weighted by molar-refractivity contribution is 7.20. The third-order valence-corrected chi connectivity index (χ3v) is 7.26. The Hall–Kier alpha value is -3.18. The van der Waals surface area contributed by atoms with Gasteiger partial charge in [-0.2, -0.15) is 0 Å². The van der Waals surface area contributed by atoms with E-state index < -0.39 is 0 Å². The normalized spacial score (nSPS) is 16.0. The van der Waals surface area contributed by atoms with E-state index in [2.05, 4.69) is 39.1 Å². The number of nitrogens with zero attached hydrogens (tertiary/aromatic N) is 3. The van der Waals surface area contributed by atoms with E-state index in [1.807, 2.05) is 12.1 Å². The van der Waals surface area contributed by atoms with Gasteiger partial charge in [0.1, 0.15) is 24.5 Å². The van der Waals surface area contributed by atoms with Gasteiger partial charge in [0.15, 0.2) is 5.82 Å². The maximum atomic E-state index is 13.4. The molecule has 0 amide bonds. The lowest BCUT2D eigenvalue weighted by Gasteiger charge is -2.28. The molecule has 1 saturated heterocycles. The van der Waals surface area contributed by atoms with Crippen molar-refractivity contribution in [2.45, 2.75) is 31.9 Å². The first-order valence-corrected chi connectivity index (χ1v) is 12.6. The Bertz CT molecular complexity index is 1410. The molecule has 35 heavy (non-hydrogen) atoms. The van der Waals surface area contributed by atoms with Gasteiger partial charge in [0.25, 0.3) is 0 Å². The van der Waals surface area contributed by atoms with Crippen molar-refractivity contribution in [2.75, 3.05) is 18.9 Å². The fourth-order valence-electron chi connectivity index (χ4n) is 4.04. The standard InChI is InChI=1S/C27H24ClFN4OS/c1-33-12-3-2-7-21(33)9-10-22-15-24-26(35-22)27(31-17-30-24)32-20-8-11-25(23(28)14-20)34-16-18-5-4-6-19(29)13-18/h4-6,8,11,13-15,17,21H,2-3,7,12,16H2,1H3,(H,30,31,32). The first-order valence-electron chi connectivity index (χ1n) is 11.5. The number of likely N-dealkylation sites (tertiary alicyclic amines) is 1. The van der Waals surface area contributed by atoms with E-state index in [4.69, 9.17) is 16.3 Å². The molecule has 4 aromatic rings. The highest BCUT2D eigenvalue weighted by Gasteiger charge is 2.16. The molecule has 178 valence electrons. The van der Waals surface area contributed by atoms with E-state index >= 15 is 0 Å². The Morgan fingerprint density at radius 3 is 2.94 bits per heavy atom. The van der Waals surface area contributed by atoms with Crippen LogP contribution in [-0.4, -0.2) is 34.5 Å². The van der Waals surface area contributed by atoms with Crippen molar-refractivity contribution in [1.29, 1.82) is 0 Å². The first-order chi connectivity index (χ1) is 17.0. The van der Waals surface area contributed by atoms with E-state index in [9.17, 15) is 4.39 Å². The zero-order valence-corrected chi connectivity index (χ0v) is 20.8. The van der Waals surface area contributed by atoms with Gasteiger partial charge >= 0.3 is 0 Å². The topological polar surface area (TPSA) is 50.3 Å².